The van der Waals surface area contributed by atoms with Crippen LogP contribution in [0.15, 0.2) is 59.2 Å². The number of amides is 1. The number of hydrogen-bond acceptors (Lipinski definition) is 7. The van der Waals surface area contributed by atoms with Crippen molar-refractivity contribution in [3.8, 4) is 17.2 Å². The van der Waals surface area contributed by atoms with E-state index in [0.29, 0.717) is 46.2 Å². The highest BCUT2D eigenvalue weighted by Gasteiger charge is 2.40. The fraction of sp³-hybridized carbons (Fsp3) is 0.240. The normalized spacial score (nSPS) is 14.3. The predicted octanol–water partition coefficient (Wildman–Crippen LogP) is 4.57. The van der Waals surface area contributed by atoms with Crippen LogP contribution in [0.5, 0.6) is 17.2 Å². The second-order valence-corrected chi connectivity index (χ2v) is 8.40. The number of rotatable bonds is 10. The summed E-state index contributed by atoms with van der Waals surface area (Å²) in [6.45, 7) is 6.02. The van der Waals surface area contributed by atoms with Crippen LogP contribution >= 0.6 is 28.1 Å². The van der Waals surface area contributed by atoms with Gasteiger partial charge in [-0.15, -0.1) is 0 Å². The number of halogens is 1. The van der Waals surface area contributed by atoms with E-state index >= 15 is 0 Å². The molecule has 0 radical (unpaired) electrons. The van der Waals surface area contributed by atoms with Crippen molar-refractivity contribution in [2.24, 2.45) is 0 Å². The molecule has 1 fully saturated rings. The number of hydrogen-bond donors (Lipinski definition) is 0. The third-order valence-electron chi connectivity index (χ3n) is 4.96. The van der Waals surface area contributed by atoms with Crippen molar-refractivity contribution in [2.45, 2.75) is 6.92 Å². The summed E-state index contributed by atoms with van der Waals surface area (Å²) >= 11 is 9.11. The molecule has 3 rings (SSSR count). The number of carbonyl (C=O) groups excluding carboxylic acids is 2. The lowest BCUT2D eigenvalue weighted by Gasteiger charge is -2.19. The first-order chi connectivity index (χ1) is 16.8. The first-order valence-corrected chi connectivity index (χ1v) is 11.8. The molecule has 8 nitrogen and oxygen atoms in total. The number of methoxy groups -OCH3 is 2. The summed E-state index contributed by atoms with van der Waals surface area (Å²) in [7, 11) is 2.84. The fourth-order valence-electron chi connectivity index (χ4n) is 3.36. The van der Waals surface area contributed by atoms with E-state index in [1.54, 1.807) is 55.7 Å². The minimum Gasteiger partial charge on any atom is -0.497 e. The van der Waals surface area contributed by atoms with Gasteiger partial charge in [-0.1, -0.05) is 12.7 Å². The van der Waals surface area contributed by atoms with Crippen molar-refractivity contribution in [1.82, 2.24) is 4.90 Å². The molecule has 0 saturated carbocycles. The van der Waals surface area contributed by atoms with Crippen LogP contribution < -0.4 is 19.1 Å². The van der Waals surface area contributed by atoms with Gasteiger partial charge >= 0.3 is 5.97 Å². The Balaban J connectivity index is 2.07. The van der Waals surface area contributed by atoms with Crippen molar-refractivity contribution < 1.29 is 28.5 Å². The van der Waals surface area contributed by atoms with E-state index in [0.717, 1.165) is 0 Å². The predicted molar refractivity (Wildman–Crippen MR) is 141 cm³/mol. The average molecular weight is 561 g/mol. The van der Waals surface area contributed by atoms with E-state index in [9.17, 15) is 9.59 Å². The monoisotopic (exact) mass is 560 g/mol. The highest BCUT2D eigenvalue weighted by molar-refractivity contribution is 9.10. The number of ether oxygens (including phenoxy) is 4. The molecular weight excluding hydrogens is 536 g/mol. The molecule has 35 heavy (non-hydrogen) atoms. The first-order valence-electron chi connectivity index (χ1n) is 10.6. The summed E-state index contributed by atoms with van der Waals surface area (Å²) in [5.41, 5.74) is 1.40. The van der Waals surface area contributed by atoms with E-state index < -0.39 is 5.97 Å². The number of nitrogens with zero attached hydrogens (tertiary/aromatic N) is 2. The quantitative estimate of drug-likeness (QED) is 0.181. The lowest BCUT2D eigenvalue weighted by Crippen LogP contribution is -2.35. The maximum Gasteiger partial charge on any atom is 0.325 e. The summed E-state index contributed by atoms with van der Waals surface area (Å²) in [6.07, 6.45) is 3.28. The lowest BCUT2D eigenvalue weighted by molar-refractivity contribution is -0.140. The smallest absolute Gasteiger partial charge is 0.325 e. The molecule has 2 aromatic rings. The maximum absolute atomic E-state index is 13.5. The zero-order chi connectivity index (χ0) is 25.5. The van der Waals surface area contributed by atoms with Gasteiger partial charge in [0.25, 0.3) is 5.91 Å². The summed E-state index contributed by atoms with van der Waals surface area (Å²) in [4.78, 5) is 28.5. The van der Waals surface area contributed by atoms with Gasteiger partial charge in [0.1, 0.15) is 24.6 Å². The average Bonchev–Trinajstić information content (AvgIpc) is 3.07. The second kappa shape index (κ2) is 11.9. The number of anilines is 1. The molecule has 1 amide bonds. The molecule has 10 heteroatoms. The Hall–Kier alpha value is -3.37. The summed E-state index contributed by atoms with van der Waals surface area (Å²) in [5.74, 6) is 0.737. The van der Waals surface area contributed by atoms with E-state index in [-0.39, 0.29) is 23.3 Å². The standard InChI is InChI=1S/C25H25BrN2O6S/c1-5-11-34-23-19(26)12-16(14-21(23)33-6-2)13-20-24(30)28(17-7-9-18(31-3)10-8-17)25(35)27(20)15-22(29)32-4/h5,7-10,12-14H,1,6,11,15H2,2-4H3/b20-13-. The van der Waals surface area contributed by atoms with Crippen molar-refractivity contribution in [1.29, 1.82) is 0 Å². The van der Waals surface area contributed by atoms with Crippen molar-refractivity contribution in [3.05, 3.63) is 64.8 Å². The summed E-state index contributed by atoms with van der Waals surface area (Å²) in [5, 5.41) is 0.159. The van der Waals surface area contributed by atoms with Crippen LogP contribution in [0.3, 0.4) is 0 Å². The largest absolute Gasteiger partial charge is 0.497 e. The van der Waals surface area contributed by atoms with Crippen LogP contribution in [0, 0.1) is 0 Å². The SMILES string of the molecule is C=CCOc1c(Br)cc(/C=C2/C(=O)N(c3ccc(OC)cc3)C(=S)N2CC(=O)OC)cc1OCC. The lowest BCUT2D eigenvalue weighted by atomic mass is 10.1. The van der Waals surface area contributed by atoms with Crippen LogP contribution in [-0.2, 0) is 14.3 Å². The number of benzene rings is 2. The van der Waals surface area contributed by atoms with Gasteiger partial charge in [-0.2, -0.15) is 0 Å². The van der Waals surface area contributed by atoms with Gasteiger partial charge in [-0.25, -0.2) is 0 Å². The van der Waals surface area contributed by atoms with Crippen LogP contribution in [0.25, 0.3) is 6.08 Å². The van der Waals surface area contributed by atoms with Gasteiger partial charge < -0.3 is 23.8 Å². The molecular formula is C25H25BrN2O6S. The minimum atomic E-state index is -0.535. The molecule has 0 spiro atoms. The molecule has 1 saturated heterocycles. The van der Waals surface area contributed by atoms with Gasteiger partial charge in [0.2, 0.25) is 0 Å². The van der Waals surface area contributed by atoms with Crippen LogP contribution in [0.1, 0.15) is 12.5 Å². The molecule has 0 aliphatic carbocycles. The first kappa shape index (κ1) is 26.2. The van der Waals surface area contributed by atoms with E-state index in [1.807, 2.05) is 6.92 Å². The van der Waals surface area contributed by atoms with Gasteiger partial charge in [0.05, 0.1) is 31.0 Å². The van der Waals surface area contributed by atoms with Crippen molar-refractivity contribution >= 4 is 56.9 Å². The highest BCUT2D eigenvalue weighted by Crippen LogP contribution is 2.38. The number of thiocarbonyl (C=S) groups is 1. The van der Waals surface area contributed by atoms with E-state index in [2.05, 4.69) is 22.5 Å². The Morgan fingerprint density at radius 3 is 2.49 bits per heavy atom. The zero-order valence-electron chi connectivity index (χ0n) is 19.6. The van der Waals surface area contributed by atoms with E-state index in [4.69, 9.17) is 31.2 Å². The number of carbonyl (C=O) groups is 2. The van der Waals surface area contributed by atoms with Crippen molar-refractivity contribution in [3.63, 3.8) is 0 Å². The third kappa shape index (κ3) is 5.83. The molecule has 1 aliphatic heterocycles. The number of esters is 1. The molecule has 0 bridgehead atoms. The molecule has 0 atom stereocenters. The Bertz CT molecular complexity index is 1170. The Kier molecular flexibility index (Phi) is 8.89. The summed E-state index contributed by atoms with van der Waals surface area (Å²) in [6, 6.07) is 10.4. The second-order valence-electron chi connectivity index (χ2n) is 7.18. The minimum absolute atomic E-state index is 0.159. The van der Waals surface area contributed by atoms with Crippen LogP contribution in [-0.4, -0.2) is 55.9 Å². The fourth-order valence-corrected chi connectivity index (χ4v) is 4.29. The van der Waals surface area contributed by atoms with Crippen molar-refractivity contribution in [2.75, 3.05) is 38.9 Å². The molecule has 1 aliphatic rings. The molecule has 2 aromatic carbocycles. The van der Waals surface area contributed by atoms with Gasteiger partial charge in [0.15, 0.2) is 16.6 Å². The van der Waals surface area contributed by atoms with Crippen LogP contribution in [0.4, 0.5) is 5.69 Å². The molecule has 0 unspecified atom stereocenters. The van der Waals surface area contributed by atoms with E-state index in [1.165, 1.54) is 16.9 Å². The Morgan fingerprint density at radius 1 is 1.17 bits per heavy atom. The highest BCUT2D eigenvalue weighted by atomic mass is 79.9. The summed E-state index contributed by atoms with van der Waals surface area (Å²) < 4.78 is 22.1. The Morgan fingerprint density at radius 2 is 1.89 bits per heavy atom. The Labute approximate surface area is 217 Å². The molecule has 184 valence electrons. The topological polar surface area (TPSA) is 77.5 Å². The maximum atomic E-state index is 13.5. The molecule has 1 heterocycles. The van der Waals surface area contributed by atoms with Gasteiger partial charge in [-0.05, 0) is 83.1 Å². The molecule has 0 aromatic heterocycles. The van der Waals surface area contributed by atoms with Crippen LogP contribution in [0.2, 0.25) is 0 Å². The third-order valence-corrected chi connectivity index (χ3v) is 5.95. The zero-order valence-corrected chi connectivity index (χ0v) is 22.0. The van der Waals surface area contributed by atoms with Gasteiger partial charge in [0, 0.05) is 0 Å². The van der Waals surface area contributed by atoms with Gasteiger partial charge in [-0.3, -0.25) is 14.5 Å². The molecule has 0 N–H and O–H groups in total.